The van der Waals surface area contributed by atoms with Crippen molar-refractivity contribution in [3.8, 4) is 17.4 Å². The number of hydrogen-bond acceptors (Lipinski definition) is 7. The van der Waals surface area contributed by atoms with Gasteiger partial charge in [0.25, 0.3) is 5.91 Å². The molecule has 45 heavy (non-hydrogen) atoms. The maximum absolute atomic E-state index is 13.6. The van der Waals surface area contributed by atoms with Gasteiger partial charge in [-0.15, -0.1) is 0 Å². The molecule has 6 rings (SSSR count). The van der Waals surface area contributed by atoms with Crippen molar-refractivity contribution < 1.29 is 31.3 Å². The number of furan rings is 1. The number of nitrogens with one attached hydrogen (secondary N) is 2. The van der Waals surface area contributed by atoms with E-state index < -0.39 is 34.2 Å². The Hall–Kier alpha value is -4.18. The van der Waals surface area contributed by atoms with Gasteiger partial charge in [-0.25, -0.2) is 12.8 Å². The number of carbonyl (C=O) groups is 1. The van der Waals surface area contributed by atoms with Crippen LogP contribution in [0.3, 0.4) is 0 Å². The smallest absolute Gasteiger partial charge is 0.455 e. The molecule has 1 amide bonds. The third kappa shape index (κ3) is 5.83. The zero-order valence-corrected chi connectivity index (χ0v) is 26.5. The molecule has 0 unspecified atom stereocenters. The molecule has 2 aliphatic rings. The van der Waals surface area contributed by atoms with E-state index in [-0.39, 0.29) is 28.9 Å². The number of hydrogen-bond donors (Lipinski definition) is 2. The highest BCUT2D eigenvalue weighted by molar-refractivity contribution is 7.91. The Bertz CT molecular complexity index is 1960. The largest absolute Gasteiger partial charge is 0.496 e. The van der Waals surface area contributed by atoms with Gasteiger partial charge in [-0.1, -0.05) is 12.1 Å². The van der Waals surface area contributed by atoms with Crippen molar-refractivity contribution in [3.05, 3.63) is 82.7 Å². The summed E-state index contributed by atoms with van der Waals surface area (Å²) >= 11 is 0. The SMILES string of the molecule is CNC(=O)c1c(-c2ccc(F)cc2)oc2cc(NS(=O)(=O)Cc3ccc(B4OC(C)(C)C(C)(C)O4)c(C#N)c3)c(C3CC3)cc12. The highest BCUT2D eigenvalue weighted by Crippen LogP contribution is 2.47. The molecule has 1 saturated carbocycles. The number of fused-ring (bicyclic) bond motifs is 1. The average Bonchev–Trinajstić information content (AvgIpc) is 3.71. The summed E-state index contributed by atoms with van der Waals surface area (Å²) in [6, 6.07) is 16.0. The Morgan fingerprint density at radius 3 is 2.31 bits per heavy atom. The fourth-order valence-electron chi connectivity index (χ4n) is 5.52. The van der Waals surface area contributed by atoms with Gasteiger partial charge in [0.15, 0.2) is 0 Å². The molecule has 232 valence electrons. The number of halogens is 1. The minimum Gasteiger partial charge on any atom is -0.455 e. The first-order valence-corrected chi connectivity index (χ1v) is 16.3. The Morgan fingerprint density at radius 1 is 1.04 bits per heavy atom. The second-order valence-electron chi connectivity index (χ2n) is 12.6. The number of sulfonamides is 1. The Kier molecular flexibility index (Phi) is 7.55. The second-order valence-corrected chi connectivity index (χ2v) is 14.3. The maximum Gasteiger partial charge on any atom is 0.496 e. The van der Waals surface area contributed by atoms with Crippen LogP contribution < -0.4 is 15.5 Å². The molecule has 0 radical (unpaired) electrons. The zero-order chi connectivity index (χ0) is 32.3. The Morgan fingerprint density at radius 2 is 1.71 bits per heavy atom. The van der Waals surface area contributed by atoms with Gasteiger partial charge in [0.2, 0.25) is 10.0 Å². The number of nitrogens with zero attached hydrogens (tertiary/aromatic N) is 1. The lowest BCUT2D eigenvalue weighted by molar-refractivity contribution is 0.00578. The number of rotatable bonds is 8. The van der Waals surface area contributed by atoms with Crippen molar-refractivity contribution in [1.29, 1.82) is 5.26 Å². The molecule has 0 spiro atoms. The lowest BCUT2D eigenvalue weighted by Gasteiger charge is -2.32. The van der Waals surface area contributed by atoms with Gasteiger partial charge in [0.05, 0.1) is 39.8 Å². The van der Waals surface area contributed by atoms with E-state index in [4.69, 9.17) is 13.7 Å². The van der Waals surface area contributed by atoms with Crippen molar-refractivity contribution in [2.75, 3.05) is 11.8 Å². The van der Waals surface area contributed by atoms with Crippen LogP contribution in [-0.4, -0.2) is 39.7 Å². The molecular weight excluding hydrogens is 596 g/mol. The number of anilines is 1. The summed E-state index contributed by atoms with van der Waals surface area (Å²) in [4.78, 5) is 13.0. The summed E-state index contributed by atoms with van der Waals surface area (Å²) < 4.78 is 61.7. The van der Waals surface area contributed by atoms with Crippen molar-refractivity contribution in [1.82, 2.24) is 5.32 Å². The van der Waals surface area contributed by atoms with E-state index in [1.807, 2.05) is 27.7 Å². The van der Waals surface area contributed by atoms with Crippen LogP contribution in [0.1, 0.15) is 73.5 Å². The van der Waals surface area contributed by atoms with Crippen LogP contribution in [0.25, 0.3) is 22.3 Å². The Labute approximate surface area is 261 Å². The minimum absolute atomic E-state index is 0.123. The molecule has 3 aromatic carbocycles. The average molecular weight is 630 g/mol. The van der Waals surface area contributed by atoms with Gasteiger partial charge in [-0.2, -0.15) is 5.26 Å². The monoisotopic (exact) mass is 629 g/mol. The molecule has 9 nitrogen and oxygen atoms in total. The van der Waals surface area contributed by atoms with E-state index in [1.165, 1.54) is 31.3 Å². The first-order chi connectivity index (χ1) is 21.2. The van der Waals surface area contributed by atoms with Crippen LogP contribution in [0.2, 0.25) is 0 Å². The van der Waals surface area contributed by atoms with E-state index in [9.17, 15) is 22.9 Å². The lowest BCUT2D eigenvalue weighted by Crippen LogP contribution is -2.41. The molecule has 2 fully saturated rings. The summed E-state index contributed by atoms with van der Waals surface area (Å²) in [7, 11) is -3.19. The van der Waals surface area contributed by atoms with Crippen LogP contribution in [0.15, 0.2) is 59.0 Å². The zero-order valence-electron chi connectivity index (χ0n) is 25.7. The fraction of sp³-hybridized carbons (Fsp3) is 0.333. The van der Waals surface area contributed by atoms with Crippen molar-refractivity contribution in [2.24, 2.45) is 0 Å². The van der Waals surface area contributed by atoms with E-state index in [0.717, 1.165) is 18.4 Å². The highest BCUT2D eigenvalue weighted by atomic mass is 32.2. The van der Waals surface area contributed by atoms with Gasteiger partial charge >= 0.3 is 7.12 Å². The number of benzene rings is 3. The van der Waals surface area contributed by atoms with Crippen molar-refractivity contribution in [2.45, 2.75) is 63.4 Å². The standard InChI is InChI=1S/C33H33BFN3O6S/c1-32(2)33(3,4)44-34(43-32)26-13-6-19(14-22(26)17-36)18-45(40,41)38-27-16-28-25(15-24(27)20-7-8-20)29(31(39)37-5)30(42-28)21-9-11-23(35)12-10-21/h6,9-16,20,38H,7-8,18H2,1-5H3,(H,37,39). The quantitative estimate of drug-likeness (QED) is 0.243. The summed E-state index contributed by atoms with van der Waals surface area (Å²) in [5.41, 5.74) is 2.29. The normalized spacial score (nSPS) is 17.3. The van der Waals surface area contributed by atoms with Crippen LogP contribution in [0.4, 0.5) is 10.1 Å². The first-order valence-electron chi connectivity index (χ1n) is 14.7. The predicted octanol–water partition coefficient (Wildman–Crippen LogP) is 5.59. The summed E-state index contributed by atoms with van der Waals surface area (Å²) in [6.45, 7) is 7.68. The van der Waals surface area contributed by atoms with E-state index in [0.29, 0.717) is 38.8 Å². The number of carbonyl (C=O) groups excluding carboxylic acids is 1. The van der Waals surface area contributed by atoms with Crippen LogP contribution >= 0.6 is 0 Å². The maximum atomic E-state index is 13.6. The molecule has 0 atom stereocenters. The summed E-state index contributed by atoms with van der Waals surface area (Å²) in [5.74, 6) is -0.791. The van der Waals surface area contributed by atoms with Crippen molar-refractivity contribution in [3.63, 3.8) is 0 Å². The van der Waals surface area contributed by atoms with Gasteiger partial charge < -0.3 is 19.0 Å². The Balaban J connectivity index is 1.32. The fourth-order valence-corrected chi connectivity index (χ4v) is 6.73. The molecule has 1 saturated heterocycles. The third-order valence-corrected chi connectivity index (χ3v) is 10.0. The minimum atomic E-state index is -3.94. The molecule has 1 aliphatic heterocycles. The highest BCUT2D eigenvalue weighted by Gasteiger charge is 2.52. The molecular formula is C33H33BFN3O6S. The third-order valence-electron chi connectivity index (χ3n) is 8.81. The number of nitriles is 1. The number of amides is 1. The summed E-state index contributed by atoms with van der Waals surface area (Å²) in [6.07, 6.45) is 1.76. The van der Waals surface area contributed by atoms with E-state index >= 15 is 0 Å². The van der Waals surface area contributed by atoms with Gasteiger partial charge in [-0.3, -0.25) is 9.52 Å². The van der Waals surface area contributed by atoms with Crippen molar-refractivity contribution >= 4 is 45.2 Å². The topological polar surface area (TPSA) is 131 Å². The van der Waals surface area contributed by atoms with Gasteiger partial charge in [0, 0.05) is 29.5 Å². The van der Waals surface area contributed by atoms with Gasteiger partial charge in [0.1, 0.15) is 17.2 Å². The second kappa shape index (κ2) is 11.0. The van der Waals surface area contributed by atoms with Crippen LogP contribution in [0.5, 0.6) is 0 Å². The molecule has 1 aromatic heterocycles. The summed E-state index contributed by atoms with van der Waals surface area (Å²) in [5, 5.41) is 13.1. The molecule has 2 N–H and O–H groups in total. The lowest BCUT2D eigenvalue weighted by atomic mass is 9.76. The first kappa shape index (κ1) is 30.8. The van der Waals surface area contributed by atoms with Crippen LogP contribution in [0, 0.1) is 17.1 Å². The predicted molar refractivity (Wildman–Crippen MR) is 170 cm³/mol. The van der Waals surface area contributed by atoms with E-state index in [1.54, 1.807) is 30.3 Å². The molecule has 4 aromatic rings. The van der Waals surface area contributed by atoms with E-state index in [2.05, 4.69) is 16.1 Å². The van der Waals surface area contributed by atoms with Gasteiger partial charge in [-0.05, 0) is 94.0 Å². The molecule has 12 heteroatoms. The molecule has 0 bridgehead atoms. The van der Waals surface area contributed by atoms with Crippen LogP contribution in [-0.2, 0) is 25.1 Å². The molecule has 2 heterocycles. The molecule has 1 aliphatic carbocycles.